The molecule has 5 rings (SSSR count). The lowest BCUT2D eigenvalue weighted by Gasteiger charge is -2.24. The van der Waals surface area contributed by atoms with Gasteiger partial charge in [-0.2, -0.15) is 13.2 Å². The van der Waals surface area contributed by atoms with Crippen LogP contribution in [0.15, 0.2) is 42.7 Å². The molecule has 0 aliphatic carbocycles. The quantitative estimate of drug-likeness (QED) is 0.490. The lowest BCUT2D eigenvalue weighted by Crippen LogP contribution is -2.32. The van der Waals surface area contributed by atoms with Crippen molar-refractivity contribution in [1.82, 2.24) is 19.3 Å². The summed E-state index contributed by atoms with van der Waals surface area (Å²) in [5, 5.41) is 9.51. The largest absolute Gasteiger partial charge is 0.491 e. The van der Waals surface area contributed by atoms with Gasteiger partial charge in [-0.3, -0.25) is 9.20 Å². The van der Waals surface area contributed by atoms with Gasteiger partial charge in [-0.15, -0.1) is 0 Å². The molecule has 0 spiro atoms. The molecule has 0 bridgehead atoms. The van der Waals surface area contributed by atoms with Crippen LogP contribution in [0.2, 0.25) is 0 Å². The molecule has 0 radical (unpaired) electrons. The number of imidazole rings is 1. The summed E-state index contributed by atoms with van der Waals surface area (Å²) in [6.45, 7) is -0.261. The number of alkyl halides is 3. The van der Waals surface area contributed by atoms with Crippen LogP contribution < -0.4 is 10.5 Å². The van der Waals surface area contributed by atoms with Crippen molar-refractivity contribution >= 4 is 28.3 Å². The average molecular weight is 457 g/mol. The van der Waals surface area contributed by atoms with E-state index in [4.69, 9.17) is 10.5 Å². The Morgan fingerprint density at radius 2 is 2.09 bits per heavy atom. The first-order valence-corrected chi connectivity index (χ1v) is 9.96. The number of aliphatic hydroxyl groups excluding tert-OH is 1. The van der Waals surface area contributed by atoms with Crippen LogP contribution in [0.25, 0.3) is 16.6 Å². The van der Waals surface area contributed by atoms with Crippen molar-refractivity contribution < 1.29 is 27.8 Å². The fraction of sp³-hybridized carbons (Fsp3) is 0.227. The molecule has 1 aliphatic rings. The molecular weight excluding hydrogens is 439 g/mol. The molecule has 1 aliphatic heterocycles. The van der Waals surface area contributed by atoms with E-state index in [9.17, 15) is 23.1 Å². The van der Waals surface area contributed by atoms with Crippen LogP contribution in [-0.2, 0) is 12.8 Å². The van der Waals surface area contributed by atoms with Crippen LogP contribution in [0.3, 0.4) is 0 Å². The fourth-order valence-electron chi connectivity index (χ4n) is 4.12. The molecule has 170 valence electrons. The van der Waals surface area contributed by atoms with Crippen molar-refractivity contribution in [2.75, 3.05) is 19.4 Å². The monoisotopic (exact) mass is 457 g/mol. The second-order valence-corrected chi connectivity index (χ2v) is 7.76. The number of hydrogen-bond donors (Lipinski definition) is 2. The molecular formula is C22H18F3N5O3. The molecule has 2 aromatic heterocycles. The van der Waals surface area contributed by atoms with Crippen LogP contribution >= 0.6 is 0 Å². The molecule has 2 aromatic carbocycles. The van der Waals surface area contributed by atoms with Gasteiger partial charge in [-0.1, -0.05) is 6.07 Å². The molecule has 0 saturated heterocycles. The lowest BCUT2D eigenvalue weighted by molar-refractivity contribution is -0.137. The van der Waals surface area contributed by atoms with Gasteiger partial charge < -0.3 is 20.5 Å². The summed E-state index contributed by atoms with van der Waals surface area (Å²) in [4.78, 5) is 23.2. The second-order valence-electron chi connectivity index (χ2n) is 7.76. The van der Waals surface area contributed by atoms with E-state index in [1.807, 2.05) is 0 Å². The highest BCUT2D eigenvalue weighted by Crippen LogP contribution is 2.40. The Labute approximate surface area is 185 Å². The number of amides is 1. The number of hydrogen-bond acceptors (Lipinski definition) is 6. The fourth-order valence-corrected chi connectivity index (χ4v) is 4.12. The van der Waals surface area contributed by atoms with Crippen molar-refractivity contribution in [2.45, 2.75) is 18.8 Å². The number of rotatable bonds is 3. The number of nitrogen functional groups attached to an aromatic ring is 1. The summed E-state index contributed by atoms with van der Waals surface area (Å²) in [5.41, 5.74) is 8.01. The van der Waals surface area contributed by atoms with Crippen LogP contribution in [0, 0.1) is 0 Å². The number of carbonyl (C=O) groups is 1. The Balaban J connectivity index is 1.50. The van der Waals surface area contributed by atoms with Crippen molar-refractivity contribution in [1.29, 1.82) is 0 Å². The highest BCUT2D eigenvalue weighted by atomic mass is 19.4. The Kier molecular flexibility index (Phi) is 4.67. The smallest absolute Gasteiger partial charge is 0.416 e. The first-order chi connectivity index (χ1) is 15.7. The first kappa shape index (κ1) is 21.0. The van der Waals surface area contributed by atoms with Crippen molar-refractivity contribution in [3.05, 3.63) is 65.1 Å². The van der Waals surface area contributed by atoms with Gasteiger partial charge >= 0.3 is 6.18 Å². The average Bonchev–Trinajstić information content (AvgIpc) is 3.41. The van der Waals surface area contributed by atoms with Crippen LogP contribution in [0.1, 0.15) is 33.2 Å². The first-order valence-electron chi connectivity index (χ1n) is 9.96. The maximum absolute atomic E-state index is 13.3. The van der Waals surface area contributed by atoms with E-state index >= 15 is 0 Å². The SMILES string of the molecule is CN(C(=O)c1ccc2nc(N)c3c(CO)ncn3c2c1)[C@@H]1COc2cc(C(F)(F)F)ccc21. The molecule has 11 heteroatoms. The summed E-state index contributed by atoms with van der Waals surface area (Å²) < 4.78 is 46.1. The molecule has 1 amide bonds. The lowest BCUT2D eigenvalue weighted by atomic mass is 10.0. The number of aromatic nitrogens is 3. The number of halogens is 3. The Morgan fingerprint density at radius 3 is 2.82 bits per heavy atom. The maximum Gasteiger partial charge on any atom is 0.416 e. The van der Waals surface area contributed by atoms with E-state index in [1.165, 1.54) is 17.3 Å². The van der Waals surface area contributed by atoms with Gasteiger partial charge in [0, 0.05) is 18.2 Å². The maximum atomic E-state index is 13.3. The molecule has 0 fully saturated rings. The van der Waals surface area contributed by atoms with Gasteiger partial charge in [0.25, 0.3) is 5.91 Å². The van der Waals surface area contributed by atoms with E-state index < -0.39 is 17.8 Å². The number of anilines is 1. The number of aliphatic hydroxyl groups is 1. The number of likely N-dealkylation sites (N-methyl/N-ethyl adjacent to an activating group) is 1. The summed E-state index contributed by atoms with van der Waals surface area (Å²) in [6, 6.07) is 7.64. The Morgan fingerprint density at radius 1 is 1.30 bits per heavy atom. The topological polar surface area (TPSA) is 106 Å². The molecule has 1 atom stereocenters. The predicted molar refractivity (Wildman–Crippen MR) is 113 cm³/mol. The van der Waals surface area contributed by atoms with E-state index in [0.29, 0.717) is 33.4 Å². The standard InChI is InChI=1S/C22H18F3N5O3/c1-29(17-9-33-18-7-12(22(23,24)25)3-4-13(17)18)21(32)11-2-5-14-16(6-11)30-10-27-15(8-31)19(30)20(26)28-14/h2-7,10,17,31H,8-9H2,1H3,(H2,26,28)/t17-/m1/s1. The third kappa shape index (κ3) is 3.32. The highest BCUT2D eigenvalue weighted by Gasteiger charge is 2.36. The van der Waals surface area contributed by atoms with E-state index in [1.54, 1.807) is 29.6 Å². The van der Waals surface area contributed by atoms with Gasteiger partial charge in [-0.25, -0.2) is 9.97 Å². The molecule has 8 nitrogen and oxygen atoms in total. The molecule has 0 unspecified atom stereocenters. The third-order valence-corrected chi connectivity index (χ3v) is 5.84. The predicted octanol–water partition coefficient (Wildman–Crippen LogP) is 3.18. The van der Waals surface area contributed by atoms with E-state index in [0.717, 1.165) is 12.1 Å². The zero-order valence-corrected chi connectivity index (χ0v) is 17.3. The second kappa shape index (κ2) is 7.34. The Bertz CT molecular complexity index is 1420. The van der Waals surface area contributed by atoms with Crippen LogP contribution in [0.5, 0.6) is 5.75 Å². The van der Waals surface area contributed by atoms with E-state index in [2.05, 4.69) is 9.97 Å². The minimum atomic E-state index is -4.48. The number of benzene rings is 2. The Hall–Kier alpha value is -3.86. The number of nitrogens with zero attached hydrogens (tertiary/aromatic N) is 4. The molecule has 3 N–H and O–H groups in total. The summed E-state index contributed by atoms with van der Waals surface area (Å²) >= 11 is 0. The number of carbonyl (C=O) groups excluding carboxylic acids is 1. The van der Waals surface area contributed by atoms with Crippen LogP contribution in [-0.4, -0.2) is 43.9 Å². The third-order valence-electron chi connectivity index (χ3n) is 5.84. The summed E-state index contributed by atoms with van der Waals surface area (Å²) in [6.07, 6.45) is -2.98. The number of ether oxygens (including phenoxy) is 1. The van der Waals surface area contributed by atoms with Gasteiger partial charge in [-0.05, 0) is 30.3 Å². The minimum Gasteiger partial charge on any atom is -0.491 e. The molecule has 3 heterocycles. The van der Waals surface area contributed by atoms with Crippen molar-refractivity contribution in [2.24, 2.45) is 0 Å². The summed E-state index contributed by atoms with van der Waals surface area (Å²) in [7, 11) is 1.57. The zero-order chi connectivity index (χ0) is 23.5. The van der Waals surface area contributed by atoms with Gasteiger partial charge in [0.2, 0.25) is 0 Å². The number of fused-ring (bicyclic) bond motifs is 4. The highest BCUT2D eigenvalue weighted by molar-refractivity contribution is 5.98. The van der Waals surface area contributed by atoms with Gasteiger partial charge in [0.15, 0.2) is 5.82 Å². The van der Waals surface area contributed by atoms with Gasteiger partial charge in [0.1, 0.15) is 24.2 Å². The van der Waals surface area contributed by atoms with E-state index in [-0.39, 0.29) is 30.7 Å². The number of nitrogens with two attached hydrogens (primary N) is 1. The van der Waals surface area contributed by atoms with Crippen LogP contribution in [0.4, 0.5) is 19.0 Å². The minimum absolute atomic E-state index is 0.0518. The van der Waals surface area contributed by atoms with Crippen molar-refractivity contribution in [3.8, 4) is 5.75 Å². The zero-order valence-electron chi connectivity index (χ0n) is 17.3. The normalized spacial score (nSPS) is 15.6. The molecule has 33 heavy (non-hydrogen) atoms. The van der Waals surface area contributed by atoms with Crippen molar-refractivity contribution in [3.63, 3.8) is 0 Å². The molecule has 0 saturated carbocycles. The van der Waals surface area contributed by atoms with Gasteiger partial charge in [0.05, 0.1) is 34.9 Å². The molecule has 4 aromatic rings. The summed E-state index contributed by atoms with van der Waals surface area (Å²) in [5.74, 6) is -0.0202.